The molecule has 0 aliphatic carbocycles. The van der Waals surface area contributed by atoms with Crippen LogP contribution in [-0.2, 0) is 17.4 Å². The molecule has 22 heavy (non-hydrogen) atoms. The van der Waals surface area contributed by atoms with Gasteiger partial charge in [0.1, 0.15) is 5.82 Å². The van der Waals surface area contributed by atoms with E-state index in [9.17, 15) is 27.5 Å². The Kier molecular flexibility index (Phi) is 5.59. The molecule has 1 aromatic carbocycles. The van der Waals surface area contributed by atoms with Gasteiger partial charge in [-0.15, -0.1) is 0 Å². The largest absolute Gasteiger partial charge is 0.481 e. The molecule has 0 heterocycles. The van der Waals surface area contributed by atoms with Crippen LogP contribution < -0.4 is 0 Å². The molecule has 124 valence electrons. The number of alkyl halides is 3. The fourth-order valence-electron chi connectivity index (χ4n) is 2.38. The highest BCUT2D eigenvalue weighted by Crippen LogP contribution is 2.33. The maximum absolute atomic E-state index is 13.2. The third-order valence-corrected chi connectivity index (χ3v) is 3.64. The predicted molar refractivity (Wildman–Crippen MR) is 74.9 cm³/mol. The van der Waals surface area contributed by atoms with Gasteiger partial charge in [0.15, 0.2) is 0 Å². The summed E-state index contributed by atoms with van der Waals surface area (Å²) in [6.07, 6.45) is -3.66. The van der Waals surface area contributed by atoms with Gasteiger partial charge in [-0.2, -0.15) is 13.2 Å². The van der Waals surface area contributed by atoms with E-state index in [0.717, 1.165) is 12.1 Å². The number of aliphatic carboxylic acids is 1. The molecule has 2 nitrogen and oxygen atoms in total. The monoisotopic (exact) mass is 320 g/mol. The summed E-state index contributed by atoms with van der Waals surface area (Å²) in [5, 5.41) is 9.19. The first kappa shape index (κ1) is 18.5. The summed E-state index contributed by atoms with van der Waals surface area (Å²) in [6, 6.07) is 2.90. The quantitative estimate of drug-likeness (QED) is 0.782. The van der Waals surface area contributed by atoms with Crippen LogP contribution in [-0.4, -0.2) is 11.1 Å². The molecule has 0 amide bonds. The Labute approximate surface area is 127 Å². The zero-order valence-corrected chi connectivity index (χ0v) is 12.8. The Bertz CT molecular complexity index is 530. The lowest BCUT2D eigenvalue weighted by Crippen LogP contribution is -2.28. The number of carboxylic acid groups (broad SMARTS) is 1. The first-order valence-corrected chi connectivity index (χ1v) is 7.01. The Balaban J connectivity index is 2.75. The number of carbonyl (C=O) groups is 1. The molecular formula is C16H20F4O2. The lowest BCUT2D eigenvalue weighted by atomic mass is 9.77. The van der Waals surface area contributed by atoms with E-state index >= 15 is 0 Å². The number of carboxylic acids is 1. The number of halogens is 4. The van der Waals surface area contributed by atoms with E-state index in [1.54, 1.807) is 0 Å². The summed E-state index contributed by atoms with van der Waals surface area (Å²) >= 11 is 0. The lowest BCUT2D eigenvalue weighted by Gasteiger charge is -2.27. The van der Waals surface area contributed by atoms with Crippen LogP contribution in [0.2, 0.25) is 0 Å². The van der Waals surface area contributed by atoms with Crippen LogP contribution in [0.1, 0.15) is 44.7 Å². The highest BCUT2D eigenvalue weighted by atomic mass is 19.4. The van der Waals surface area contributed by atoms with Crippen LogP contribution in [0.4, 0.5) is 17.6 Å². The molecule has 0 fully saturated rings. The first-order valence-electron chi connectivity index (χ1n) is 7.01. The maximum atomic E-state index is 13.2. The average Bonchev–Trinajstić information content (AvgIpc) is 2.32. The first-order chi connectivity index (χ1) is 9.93. The highest BCUT2D eigenvalue weighted by molar-refractivity contribution is 5.70. The van der Waals surface area contributed by atoms with Crippen molar-refractivity contribution in [2.75, 3.05) is 0 Å². The van der Waals surface area contributed by atoms with Crippen molar-refractivity contribution in [1.82, 2.24) is 0 Å². The predicted octanol–water partition coefficient (Wildman–Crippen LogP) is 4.91. The number of hydrogen-bond acceptors (Lipinski definition) is 1. The SMILES string of the molecule is CC(C)(C)C(CCCc1ccc(F)c(C(F)(F)F)c1)C(=O)O. The summed E-state index contributed by atoms with van der Waals surface area (Å²) in [7, 11) is 0. The van der Waals surface area contributed by atoms with Crippen molar-refractivity contribution >= 4 is 5.97 Å². The van der Waals surface area contributed by atoms with Crippen LogP contribution in [0.15, 0.2) is 18.2 Å². The van der Waals surface area contributed by atoms with E-state index in [-0.39, 0.29) is 6.42 Å². The average molecular weight is 320 g/mol. The smallest absolute Gasteiger partial charge is 0.419 e. The second-order valence-electron chi connectivity index (χ2n) is 6.46. The number of aryl methyl sites for hydroxylation is 1. The molecule has 6 heteroatoms. The second-order valence-corrected chi connectivity index (χ2v) is 6.46. The van der Waals surface area contributed by atoms with E-state index in [4.69, 9.17) is 0 Å². The van der Waals surface area contributed by atoms with Gasteiger partial charge in [-0.3, -0.25) is 4.79 Å². The van der Waals surface area contributed by atoms with E-state index in [1.807, 2.05) is 20.8 Å². The summed E-state index contributed by atoms with van der Waals surface area (Å²) in [6.45, 7) is 5.43. The molecule has 0 aromatic heterocycles. The van der Waals surface area contributed by atoms with Crippen molar-refractivity contribution in [2.24, 2.45) is 11.3 Å². The van der Waals surface area contributed by atoms with Gasteiger partial charge in [0, 0.05) is 0 Å². The van der Waals surface area contributed by atoms with E-state index in [1.165, 1.54) is 6.07 Å². The van der Waals surface area contributed by atoms with Crippen LogP contribution in [0.3, 0.4) is 0 Å². The molecule has 0 saturated carbocycles. The third kappa shape index (κ3) is 5.00. The maximum Gasteiger partial charge on any atom is 0.419 e. The Morgan fingerprint density at radius 3 is 2.27 bits per heavy atom. The van der Waals surface area contributed by atoms with E-state index in [2.05, 4.69) is 0 Å². The number of hydrogen-bond donors (Lipinski definition) is 1. The number of benzene rings is 1. The van der Waals surface area contributed by atoms with Crippen molar-refractivity contribution in [3.63, 3.8) is 0 Å². The summed E-state index contributed by atoms with van der Waals surface area (Å²) < 4.78 is 51.1. The fourth-order valence-corrected chi connectivity index (χ4v) is 2.38. The van der Waals surface area contributed by atoms with Crippen LogP contribution in [0.5, 0.6) is 0 Å². The summed E-state index contributed by atoms with van der Waals surface area (Å²) in [5.41, 5.74) is -1.35. The molecule has 0 bridgehead atoms. The highest BCUT2D eigenvalue weighted by Gasteiger charge is 2.34. The van der Waals surface area contributed by atoms with Crippen molar-refractivity contribution in [2.45, 2.75) is 46.2 Å². The molecular weight excluding hydrogens is 300 g/mol. The summed E-state index contributed by atoms with van der Waals surface area (Å²) in [4.78, 5) is 11.2. The second kappa shape index (κ2) is 6.67. The van der Waals surface area contributed by atoms with Crippen LogP contribution in [0, 0.1) is 17.2 Å². The fraction of sp³-hybridized carbons (Fsp3) is 0.562. The molecule has 1 aromatic rings. The van der Waals surface area contributed by atoms with Gasteiger partial charge in [-0.25, -0.2) is 4.39 Å². The molecule has 1 N–H and O–H groups in total. The van der Waals surface area contributed by atoms with Gasteiger partial charge in [-0.1, -0.05) is 26.8 Å². The zero-order chi connectivity index (χ0) is 17.1. The molecule has 0 saturated heterocycles. The van der Waals surface area contributed by atoms with Crippen molar-refractivity contribution < 1.29 is 27.5 Å². The minimum Gasteiger partial charge on any atom is -0.481 e. The summed E-state index contributed by atoms with van der Waals surface area (Å²) in [5.74, 6) is -2.79. The van der Waals surface area contributed by atoms with Gasteiger partial charge in [0.2, 0.25) is 0 Å². The number of rotatable bonds is 5. The van der Waals surface area contributed by atoms with Crippen LogP contribution in [0.25, 0.3) is 0 Å². The minimum atomic E-state index is -4.73. The molecule has 1 unspecified atom stereocenters. The van der Waals surface area contributed by atoms with Gasteiger partial charge in [-0.05, 0) is 42.4 Å². The Hall–Kier alpha value is -1.59. The standard InChI is InChI=1S/C16H20F4O2/c1-15(2,3)11(14(21)22)6-4-5-10-7-8-13(17)12(9-10)16(18,19)20/h7-9,11H,4-6H2,1-3H3,(H,21,22). The molecule has 0 aliphatic rings. The molecule has 0 aliphatic heterocycles. The third-order valence-electron chi connectivity index (χ3n) is 3.64. The zero-order valence-electron chi connectivity index (χ0n) is 12.8. The van der Waals surface area contributed by atoms with Gasteiger partial charge in [0.05, 0.1) is 11.5 Å². The van der Waals surface area contributed by atoms with E-state index < -0.39 is 34.9 Å². The van der Waals surface area contributed by atoms with Crippen LogP contribution >= 0.6 is 0 Å². The lowest BCUT2D eigenvalue weighted by molar-refractivity contribution is -0.145. The molecule has 0 spiro atoms. The normalized spacial score (nSPS) is 14.0. The molecule has 1 atom stereocenters. The molecule has 1 rings (SSSR count). The Morgan fingerprint density at radius 1 is 1.23 bits per heavy atom. The van der Waals surface area contributed by atoms with Gasteiger partial charge >= 0.3 is 12.1 Å². The van der Waals surface area contributed by atoms with Crippen molar-refractivity contribution in [1.29, 1.82) is 0 Å². The van der Waals surface area contributed by atoms with Crippen molar-refractivity contribution in [3.8, 4) is 0 Å². The van der Waals surface area contributed by atoms with Gasteiger partial charge in [0.25, 0.3) is 0 Å². The molecule has 0 radical (unpaired) electrons. The Morgan fingerprint density at radius 2 is 1.82 bits per heavy atom. The van der Waals surface area contributed by atoms with E-state index in [0.29, 0.717) is 18.4 Å². The topological polar surface area (TPSA) is 37.3 Å². The minimum absolute atomic E-state index is 0.281. The van der Waals surface area contributed by atoms with Crippen molar-refractivity contribution in [3.05, 3.63) is 35.1 Å². The van der Waals surface area contributed by atoms with Gasteiger partial charge < -0.3 is 5.11 Å².